The molecule has 1 amide bonds. The lowest BCUT2D eigenvalue weighted by molar-refractivity contribution is -0.130. The van der Waals surface area contributed by atoms with Gasteiger partial charge in [-0.25, -0.2) is 0 Å². The van der Waals surface area contributed by atoms with Gasteiger partial charge in [0, 0.05) is 19.6 Å². The second kappa shape index (κ2) is 5.32. The Hall–Kier alpha value is -0.610. The van der Waals surface area contributed by atoms with Crippen LogP contribution in [0.15, 0.2) is 0 Å². The maximum Gasteiger partial charge on any atom is 0.237 e. The van der Waals surface area contributed by atoms with Gasteiger partial charge in [-0.1, -0.05) is 13.8 Å². The molecule has 0 aliphatic carbocycles. The first-order chi connectivity index (χ1) is 6.66. The Bertz CT molecular complexity index is 194. The number of hydrogen-bond acceptors (Lipinski definition) is 3. The number of rotatable bonds is 4. The molecule has 1 atom stereocenters. The Morgan fingerprint density at radius 3 is 2.93 bits per heavy atom. The fourth-order valence-corrected chi connectivity index (χ4v) is 2.00. The van der Waals surface area contributed by atoms with E-state index in [1.807, 2.05) is 0 Å². The van der Waals surface area contributed by atoms with E-state index < -0.39 is 0 Å². The van der Waals surface area contributed by atoms with Gasteiger partial charge in [-0.05, 0) is 18.9 Å². The van der Waals surface area contributed by atoms with Gasteiger partial charge in [-0.2, -0.15) is 0 Å². The number of amides is 1. The molecule has 0 aromatic heterocycles. The summed E-state index contributed by atoms with van der Waals surface area (Å²) in [5.41, 5.74) is 5.47. The molecule has 1 aliphatic heterocycles. The van der Waals surface area contributed by atoms with Crippen molar-refractivity contribution in [3.8, 4) is 0 Å². The molecule has 4 heteroatoms. The molecule has 14 heavy (non-hydrogen) atoms. The summed E-state index contributed by atoms with van der Waals surface area (Å²) in [6.07, 6.45) is 0.969. The molecule has 3 N–H and O–H groups in total. The highest BCUT2D eigenvalue weighted by molar-refractivity contribution is 5.82. The maximum atomic E-state index is 11.6. The van der Waals surface area contributed by atoms with Gasteiger partial charge >= 0.3 is 0 Å². The van der Waals surface area contributed by atoms with Crippen LogP contribution in [-0.4, -0.2) is 43.0 Å². The van der Waals surface area contributed by atoms with Gasteiger partial charge in [0.1, 0.15) is 0 Å². The predicted molar refractivity (Wildman–Crippen MR) is 56.9 cm³/mol. The molecule has 1 rings (SSSR count). The second-order valence-corrected chi connectivity index (χ2v) is 4.16. The third kappa shape index (κ3) is 2.69. The Labute approximate surface area is 85.8 Å². The molecule has 4 nitrogen and oxygen atoms in total. The van der Waals surface area contributed by atoms with Crippen molar-refractivity contribution in [2.75, 3.05) is 26.2 Å². The summed E-state index contributed by atoms with van der Waals surface area (Å²) in [7, 11) is 0. The number of nitrogens with one attached hydrogen (secondary N) is 1. The summed E-state index contributed by atoms with van der Waals surface area (Å²) in [5, 5.41) is 2.91. The van der Waals surface area contributed by atoms with Crippen LogP contribution in [0.25, 0.3) is 0 Å². The van der Waals surface area contributed by atoms with Crippen LogP contribution >= 0.6 is 0 Å². The van der Waals surface area contributed by atoms with E-state index in [1.165, 1.54) is 0 Å². The zero-order valence-electron chi connectivity index (χ0n) is 9.12. The van der Waals surface area contributed by atoms with Gasteiger partial charge in [0.05, 0.1) is 6.04 Å². The zero-order valence-corrected chi connectivity index (χ0v) is 9.12. The van der Waals surface area contributed by atoms with E-state index in [-0.39, 0.29) is 11.9 Å². The first-order valence-corrected chi connectivity index (χ1v) is 5.38. The molecule has 1 fully saturated rings. The molecule has 1 unspecified atom stereocenters. The summed E-state index contributed by atoms with van der Waals surface area (Å²) in [5.74, 6) is 0.538. The molecule has 0 saturated carbocycles. The summed E-state index contributed by atoms with van der Waals surface area (Å²) < 4.78 is 0. The van der Waals surface area contributed by atoms with Crippen molar-refractivity contribution in [3.05, 3.63) is 0 Å². The van der Waals surface area contributed by atoms with Gasteiger partial charge < -0.3 is 11.1 Å². The molecule has 0 aromatic carbocycles. The normalized spacial score (nSPS) is 24.0. The molecular weight excluding hydrogens is 178 g/mol. The largest absolute Gasteiger partial charge is 0.353 e. The number of piperazine rings is 1. The molecule has 1 aliphatic rings. The van der Waals surface area contributed by atoms with Crippen LogP contribution < -0.4 is 11.1 Å². The lowest BCUT2D eigenvalue weighted by Gasteiger charge is -2.37. The van der Waals surface area contributed by atoms with Crippen molar-refractivity contribution in [1.82, 2.24) is 10.2 Å². The summed E-state index contributed by atoms with van der Waals surface area (Å²) in [6.45, 7) is 7.53. The van der Waals surface area contributed by atoms with Crippen molar-refractivity contribution in [2.24, 2.45) is 11.7 Å². The highest BCUT2D eigenvalue weighted by Crippen LogP contribution is 2.13. The zero-order chi connectivity index (χ0) is 10.6. The Morgan fingerprint density at radius 1 is 1.64 bits per heavy atom. The molecule has 1 saturated heterocycles. The average molecular weight is 199 g/mol. The predicted octanol–water partition coefficient (Wildman–Crippen LogP) is -0.208. The summed E-state index contributed by atoms with van der Waals surface area (Å²) >= 11 is 0. The minimum absolute atomic E-state index is 0.0373. The monoisotopic (exact) mass is 199 g/mol. The third-order valence-electron chi connectivity index (χ3n) is 2.64. The van der Waals surface area contributed by atoms with Gasteiger partial charge in [0.25, 0.3) is 0 Å². The fraction of sp³-hybridized carbons (Fsp3) is 0.900. The van der Waals surface area contributed by atoms with Crippen molar-refractivity contribution in [1.29, 1.82) is 0 Å². The van der Waals surface area contributed by atoms with Crippen LogP contribution in [0.4, 0.5) is 0 Å². The van der Waals surface area contributed by atoms with Gasteiger partial charge in [0.2, 0.25) is 5.91 Å². The lowest BCUT2D eigenvalue weighted by Crippen LogP contribution is -2.57. The van der Waals surface area contributed by atoms with Gasteiger partial charge in [-0.15, -0.1) is 0 Å². The van der Waals surface area contributed by atoms with Gasteiger partial charge in [-0.3, -0.25) is 9.69 Å². The van der Waals surface area contributed by atoms with Crippen LogP contribution in [0.2, 0.25) is 0 Å². The lowest BCUT2D eigenvalue weighted by atomic mass is 9.99. The van der Waals surface area contributed by atoms with Crippen molar-refractivity contribution in [3.63, 3.8) is 0 Å². The number of carbonyl (C=O) groups excluding carboxylic acids is 1. The minimum Gasteiger partial charge on any atom is -0.353 e. The third-order valence-corrected chi connectivity index (χ3v) is 2.64. The average Bonchev–Trinajstić information content (AvgIpc) is 2.14. The van der Waals surface area contributed by atoms with Crippen molar-refractivity contribution in [2.45, 2.75) is 26.3 Å². The molecule has 0 bridgehead atoms. The SMILES string of the molecule is CC(C)C1C(=O)NCCN1CCCN. The fourth-order valence-electron chi connectivity index (χ4n) is 2.00. The highest BCUT2D eigenvalue weighted by atomic mass is 16.2. The van der Waals surface area contributed by atoms with Crippen LogP contribution in [0.3, 0.4) is 0 Å². The Kier molecular flexibility index (Phi) is 4.35. The molecule has 1 heterocycles. The maximum absolute atomic E-state index is 11.6. The molecule has 0 aromatic rings. The second-order valence-electron chi connectivity index (χ2n) is 4.16. The highest BCUT2D eigenvalue weighted by Gasteiger charge is 2.31. The molecule has 0 radical (unpaired) electrons. The van der Waals surface area contributed by atoms with Gasteiger partial charge in [0.15, 0.2) is 0 Å². The van der Waals surface area contributed by atoms with E-state index >= 15 is 0 Å². The number of nitrogens with two attached hydrogens (primary N) is 1. The Balaban J connectivity index is 2.55. The van der Waals surface area contributed by atoms with Crippen LogP contribution in [-0.2, 0) is 4.79 Å². The van der Waals surface area contributed by atoms with Crippen molar-refractivity contribution < 1.29 is 4.79 Å². The van der Waals surface area contributed by atoms with E-state index in [2.05, 4.69) is 24.1 Å². The van der Waals surface area contributed by atoms with E-state index in [0.717, 1.165) is 26.1 Å². The first kappa shape index (κ1) is 11.5. The van der Waals surface area contributed by atoms with Crippen LogP contribution in [0.5, 0.6) is 0 Å². The minimum atomic E-state index is 0.0373. The molecule has 82 valence electrons. The van der Waals surface area contributed by atoms with E-state index in [1.54, 1.807) is 0 Å². The smallest absolute Gasteiger partial charge is 0.237 e. The first-order valence-electron chi connectivity index (χ1n) is 5.38. The van der Waals surface area contributed by atoms with Crippen molar-refractivity contribution >= 4 is 5.91 Å². The van der Waals surface area contributed by atoms with Crippen LogP contribution in [0.1, 0.15) is 20.3 Å². The Morgan fingerprint density at radius 2 is 2.36 bits per heavy atom. The standard InChI is InChI=1S/C10H21N3O/c1-8(2)9-10(14)12-5-7-13(9)6-3-4-11/h8-9H,3-7,11H2,1-2H3,(H,12,14). The summed E-state index contributed by atoms with van der Waals surface area (Å²) in [4.78, 5) is 13.9. The topological polar surface area (TPSA) is 58.4 Å². The number of hydrogen-bond donors (Lipinski definition) is 2. The van der Waals surface area contributed by atoms with E-state index in [4.69, 9.17) is 5.73 Å². The van der Waals surface area contributed by atoms with Crippen LogP contribution in [0, 0.1) is 5.92 Å². The molecular formula is C10H21N3O. The molecule has 0 spiro atoms. The van der Waals surface area contributed by atoms with E-state index in [9.17, 15) is 4.79 Å². The van der Waals surface area contributed by atoms with E-state index in [0.29, 0.717) is 12.5 Å². The summed E-state index contributed by atoms with van der Waals surface area (Å²) in [6, 6.07) is 0.0373. The number of carbonyl (C=O) groups is 1. The number of nitrogens with zero attached hydrogens (tertiary/aromatic N) is 1. The quantitative estimate of drug-likeness (QED) is 0.659.